The van der Waals surface area contributed by atoms with Gasteiger partial charge in [-0.3, -0.25) is 19.8 Å². The number of rotatable bonds is 9. The Morgan fingerprint density at radius 1 is 1.07 bits per heavy atom. The number of aromatic nitrogens is 5. The molecule has 4 aromatic rings. The topological polar surface area (TPSA) is 116 Å². The minimum Gasteiger partial charge on any atom is -0.393 e. The van der Waals surface area contributed by atoms with Crippen molar-refractivity contribution in [1.29, 1.82) is 0 Å². The van der Waals surface area contributed by atoms with Crippen LogP contribution in [-0.4, -0.2) is 92.6 Å². The molecular weight excluding hydrogens is 554 g/mol. The van der Waals surface area contributed by atoms with E-state index < -0.39 is 0 Å². The number of nitrogens with zero attached hydrogens (tertiary/aromatic N) is 7. The lowest BCUT2D eigenvalue weighted by atomic mass is 9.93. The summed E-state index contributed by atoms with van der Waals surface area (Å²) in [5.74, 6) is 0.315. The molecule has 4 heterocycles. The van der Waals surface area contributed by atoms with Crippen LogP contribution in [0.4, 0.5) is 11.6 Å². The Kier molecular flexibility index (Phi) is 8.97. The number of fused-ring (bicyclic) bond motifs is 1. The molecule has 44 heavy (non-hydrogen) atoms. The van der Waals surface area contributed by atoms with Gasteiger partial charge in [0, 0.05) is 74.0 Å². The molecule has 1 aliphatic carbocycles. The lowest BCUT2D eigenvalue weighted by molar-refractivity contribution is 0.102. The summed E-state index contributed by atoms with van der Waals surface area (Å²) < 4.78 is 4.00. The summed E-state index contributed by atoms with van der Waals surface area (Å²) in [4.78, 5) is 27.7. The minimum atomic E-state index is -0.270. The first-order valence-electron chi connectivity index (χ1n) is 15.9. The number of hydrogen-bond donors (Lipinski definition) is 3. The highest BCUT2D eigenvalue weighted by Gasteiger charge is 2.27. The van der Waals surface area contributed by atoms with Crippen molar-refractivity contribution in [2.45, 2.75) is 63.6 Å². The van der Waals surface area contributed by atoms with E-state index in [1.807, 2.05) is 14.0 Å². The van der Waals surface area contributed by atoms with E-state index in [1.165, 1.54) is 5.69 Å². The normalized spacial score (nSPS) is 19.6. The van der Waals surface area contributed by atoms with Crippen molar-refractivity contribution in [2.24, 2.45) is 7.05 Å². The summed E-state index contributed by atoms with van der Waals surface area (Å²) in [6, 6.07) is 10.7. The van der Waals surface area contributed by atoms with E-state index in [2.05, 4.69) is 67.4 Å². The molecule has 0 unspecified atom stereocenters. The molecule has 11 heteroatoms. The maximum Gasteiger partial charge on any atom is 0.258 e. The largest absolute Gasteiger partial charge is 0.393 e. The summed E-state index contributed by atoms with van der Waals surface area (Å²) in [6.45, 7) is 6.04. The van der Waals surface area contributed by atoms with Crippen LogP contribution in [-0.2, 0) is 7.05 Å². The minimum absolute atomic E-state index is 0.145. The monoisotopic (exact) mass is 599 g/mol. The lowest BCUT2D eigenvalue weighted by Crippen LogP contribution is -2.44. The van der Waals surface area contributed by atoms with Gasteiger partial charge in [0.1, 0.15) is 0 Å². The first-order chi connectivity index (χ1) is 21.3. The Morgan fingerprint density at radius 3 is 2.55 bits per heavy atom. The van der Waals surface area contributed by atoms with Crippen molar-refractivity contribution in [3.63, 3.8) is 0 Å². The van der Waals surface area contributed by atoms with Gasteiger partial charge < -0.3 is 24.8 Å². The number of benzene rings is 1. The van der Waals surface area contributed by atoms with Crippen LogP contribution in [0, 0.1) is 6.92 Å². The number of carbonyl (C=O) groups excluding carboxylic acids is 1. The second-order valence-electron chi connectivity index (χ2n) is 12.6. The van der Waals surface area contributed by atoms with Crippen LogP contribution in [0.5, 0.6) is 0 Å². The number of aliphatic hydroxyl groups is 1. The van der Waals surface area contributed by atoms with Crippen molar-refractivity contribution in [3.05, 3.63) is 54.0 Å². The Hall–Kier alpha value is -3.80. The highest BCUT2D eigenvalue weighted by molar-refractivity contribution is 6.04. The number of aryl methyl sites for hydroxylation is 1. The van der Waals surface area contributed by atoms with E-state index in [1.54, 1.807) is 29.2 Å². The third kappa shape index (κ3) is 6.50. The standard InChI is InChI=1S/C33H45N9O2/c1-22-28(21-36-40(22)4)30-19-23(11-14-35-30)32(44)38-33-37-29-10-7-26(20-31(29)42(33)25-5-8-27(43)9-6-25)41-16-12-24(13-17-41)34-15-18-39(2)3/h7,10-11,14,19-21,24-25,27,34,43H,5-6,8-9,12-13,15-18H2,1-4H3,(H,37,38,44). The van der Waals surface area contributed by atoms with Crippen molar-refractivity contribution < 1.29 is 9.90 Å². The zero-order valence-electron chi connectivity index (χ0n) is 26.3. The van der Waals surface area contributed by atoms with Crippen LogP contribution >= 0.6 is 0 Å². The number of imidazole rings is 1. The van der Waals surface area contributed by atoms with Crippen molar-refractivity contribution in [2.75, 3.05) is 50.5 Å². The zero-order chi connectivity index (χ0) is 30.8. The van der Waals surface area contributed by atoms with Crippen LogP contribution in [0.25, 0.3) is 22.3 Å². The number of carbonyl (C=O) groups is 1. The predicted molar refractivity (Wildman–Crippen MR) is 174 cm³/mol. The summed E-state index contributed by atoms with van der Waals surface area (Å²) >= 11 is 0. The van der Waals surface area contributed by atoms with Crippen LogP contribution in [0.15, 0.2) is 42.7 Å². The van der Waals surface area contributed by atoms with Gasteiger partial charge in [-0.05, 0) is 89.9 Å². The van der Waals surface area contributed by atoms with E-state index in [-0.39, 0.29) is 18.1 Å². The molecule has 0 bridgehead atoms. The number of pyridine rings is 1. The molecule has 11 nitrogen and oxygen atoms in total. The first-order valence-corrected chi connectivity index (χ1v) is 15.9. The van der Waals surface area contributed by atoms with Gasteiger partial charge in [-0.1, -0.05) is 0 Å². The van der Waals surface area contributed by atoms with Gasteiger partial charge in [-0.2, -0.15) is 5.10 Å². The molecule has 3 N–H and O–H groups in total. The molecule has 234 valence electrons. The van der Waals surface area contributed by atoms with Crippen molar-refractivity contribution in [1.82, 2.24) is 34.5 Å². The summed E-state index contributed by atoms with van der Waals surface area (Å²) in [7, 11) is 6.11. The van der Waals surface area contributed by atoms with E-state index >= 15 is 0 Å². The Labute approximate surface area is 259 Å². The van der Waals surface area contributed by atoms with Gasteiger partial charge in [-0.15, -0.1) is 0 Å². The lowest BCUT2D eigenvalue weighted by Gasteiger charge is -2.34. The number of piperidine rings is 1. The van der Waals surface area contributed by atoms with Crippen LogP contribution < -0.4 is 15.5 Å². The molecule has 0 radical (unpaired) electrons. The quantitative estimate of drug-likeness (QED) is 0.265. The number of likely N-dealkylation sites (N-methyl/N-ethyl adjacent to an activating group) is 1. The second-order valence-corrected chi connectivity index (χ2v) is 12.6. The smallest absolute Gasteiger partial charge is 0.258 e. The molecule has 2 fully saturated rings. The number of aliphatic hydroxyl groups excluding tert-OH is 1. The highest BCUT2D eigenvalue weighted by atomic mass is 16.3. The third-order valence-electron chi connectivity index (χ3n) is 9.32. The molecule has 1 aromatic carbocycles. The summed E-state index contributed by atoms with van der Waals surface area (Å²) in [6.07, 6.45) is 8.54. The predicted octanol–water partition coefficient (Wildman–Crippen LogP) is 3.99. The second kappa shape index (κ2) is 13.1. The van der Waals surface area contributed by atoms with Gasteiger partial charge in [0.2, 0.25) is 5.95 Å². The average molecular weight is 600 g/mol. The van der Waals surface area contributed by atoms with Gasteiger partial charge in [0.05, 0.1) is 29.0 Å². The van der Waals surface area contributed by atoms with E-state index in [0.717, 1.165) is 87.0 Å². The fourth-order valence-corrected chi connectivity index (χ4v) is 6.53. The van der Waals surface area contributed by atoms with Crippen LogP contribution in [0.2, 0.25) is 0 Å². The Balaban J connectivity index is 1.25. The van der Waals surface area contributed by atoms with Crippen LogP contribution in [0.3, 0.4) is 0 Å². The third-order valence-corrected chi connectivity index (χ3v) is 9.32. The molecular formula is C33H45N9O2. The number of anilines is 2. The zero-order valence-corrected chi connectivity index (χ0v) is 26.3. The number of nitrogens with one attached hydrogen (secondary N) is 2. The molecule has 1 amide bonds. The fraction of sp³-hybridized carbons (Fsp3) is 0.515. The highest BCUT2D eigenvalue weighted by Crippen LogP contribution is 2.36. The van der Waals surface area contributed by atoms with Gasteiger partial charge in [-0.25, -0.2) is 4.98 Å². The molecule has 0 spiro atoms. The molecule has 2 aliphatic rings. The van der Waals surface area contributed by atoms with Crippen LogP contribution in [0.1, 0.15) is 60.6 Å². The maximum absolute atomic E-state index is 13.6. The number of hydrogen-bond acceptors (Lipinski definition) is 8. The fourth-order valence-electron chi connectivity index (χ4n) is 6.53. The number of amides is 1. The molecule has 3 aromatic heterocycles. The maximum atomic E-state index is 13.6. The molecule has 1 saturated carbocycles. The first kappa shape index (κ1) is 30.2. The molecule has 1 aliphatic heterocycles. The summed E-state index contributed by atoms with van der Waals surface area (Å²) in [5, 5.41) is 21.4. The van der Waals surface area contributed by atoms with E-state index in [9.17, 15) is 9.90 Å². The van der Waals surface area contributed by atoms with Gasteiger partial charge in [0.25, 0.3) is 5.91 Å². The average Bonchev–Trinajstić information content (AvgIpc) is 3.55. The van der Waals surface area contributed by atoms with E-state index in [4.69, 9.17) is 4.98 Å². The van der Waals surface area contributed by atoms with Crippen molar-refractivity contribution in [3.8, 4) is 11.3 Å². The Morgan fingerprint density at radius 2 is 1.84 bits per heavy atom. The molecule has 0 atom stereocenters. The Bertz CT molecular complexity index is 1590. The molecule has 6 rings (SSSR count). The molecule has 1 saturated heterocycles. The van der Waals surface area contributed by atoms with Crippen molar-refractivity contribution >= 4 is 28.6 Å². The SMILES string of the molecule is Cc1c(-c2cc(C(=O)Nc3nc4ccc(N5CCC(NCCN(C)C)CC5)cc4n3C3CCC(O)CC3)ccn2)cnn1C. The van der Waals surface area contributed by atoms with Gasteiger partial charge >= 0.3 is 0 Å². The van der Waals surface area contributed by atoms with E-state index in [0.29, 0.717) is 23.2 Å². The van der Waals surface area contributed by atoms with Gasteiger partial charge in [0.15, 0.2) is 0 Å². The summed E-state index contributed by atoms with van der Waals surface area (Å²) in [5.41, 5.74) is 6.17.